The third-order valence-corrected chi connectivity index (χ3v) is 15.3. The molecule has 388 valence electrons. The summed E-state index contributed by atoms with van der Waals surface area (Å²) in [5.41, 5.74) is 6.68. The van der Waals surface area contributed by atoms with Gasteiger partial charge in [-0.25, -0.2) is 19.4 Å². The second-order valence-corrected chi connectivity index (χ2v) is 20.3. The minimum absolute atomic E-state index is 0.0305. The van der Waals surface area contributed by atoms with E-state index in [9.17, 15) is 19.5 Å². The van der Waals surface area contributed by atoms with Crippen molar-refractivity contribution in [3.8, 4) is 34.3 Å². The molecule has 10 rings (SSSR count). The van der Waals surface area contributed by atoms with E-state index in [1.165, 1.54) is 12.7 Å². The summed E-state index contributed by atoms with van der Waals surface area (Å²) < 4.78 is 13.3. The normalized spacial score (nSPS) is 17.1. The lowest BCUT2D eigenvalue weighted by atomic mass is 9.91. The molecular formula is C56H68N12O6. The molecule has 2 aromatic heterocycles. The molecule has 4 aromatic carbocycles. The highest BCUT2D eigenvalue weighted by atomic mass is 16.5. The molecule has 6 heterocycles. The number of anilines is 6. The second-order valence-electron chi connectivity index (χ2n) is 20.3. The van der Waals surface area contributed by atoms with Crippen LogP contribution in [0.25, 0.3) is 17.1 Å². The van der Waals surface area contributed by atoms with Crippen LogP contribution in [0.15, 0.2) is 89.9 Å². The maximum absolute atomic E-state index is 13.9. The molecule has 6 aromatic rings. The molecule has 4 aliphatic heterocycles. The third kappa shape index (κ3) is 10.2. The molecule has 3 fully saturated rings. The van der Waals surface area contributed by atoms with Crippen molar-refractivity contribution in [2.45, 2.75) is 58.9 Å². The molecule has 3 N–H and O–H groups in total. The number of rotatable bonds is 14. The number of hydrogen-bond acceptors (Lipinski definition) is 14. The number of aromatic nitrogens is 5. The Bertz CT molecular complexity index is 3040. The summed E-state index contributed by atoms with van der Waals surface area (Å²) in [7, 11) is 5.19. The van der Waals surface area contributed by atoms with Crippen molar-refractivity contribution in [3.63, 3.8) is 0 Å². The average Bonchev–Trinajstić information content (AvgIpc) is 3.78. The van der Waals surface area contributed by atoms with E-state index in [2.05, 4.69) is 64.4 Å². The summed E-state index contributed by atoms with van der Waals surface area (Å²) in [6.07, 6.45) is 5.38. The van der Waals surface area contributed by atoms with Crippen molar-refractivity contribution in [2.75, 3.05) is 107 Å². The minimum atomic E-state index is -0.351. The van der Waals surface area contributed by atoms with Crippen molar-refractivity contribution < 1.29 is 24.2 Å². The number of phenolic OH excluding ortho intramolecular Hbond substituents is 1. The van der Waals surface area contributed by atoms with Crippen molar-refractivity contribution in [1.82, 2.24) is 39.4 Å². The first-order valence-electron chi connectivity index (χ1n) is 26.1. The molecule has 18 nitrogen and oxygen atoms in total. The fourth-order valence-corrected chi connectivity index (χ4v) is 11.1. The van der Waals surface area contributed by atoms with E-state index in [1.807, 2.05) is 81.2 Å². The number of ether oxygens (including phenoxy) is 2. The van der Waals surface area contributed by atoms with Gasteiger partial charge in [0.2, 0.25) is 11.9 Å². The zero-order valence-electron chi connectivity index (χ0n) is 43.4. The summed E-state index contributed by atoms with van der Waals surface area (Å²) in [5, 5.41) is 20.9. The number of amides is 2. The number of nitrogens with zero attached hydrogens (tertiary/aromatic N) is 10. The monoisotopic (exact) mass is 1000 g/mol. The molecule has 0 radical (unpaired) electrons. The largest absolute Gasteiger partial charge is 0.508 e. The fraction of sp³-hybridized carbons (Fsp3) is 0.429. The fourth-order valence-electron chi connectivity index (χ4n) is 11.1. The van der Waals surface area contributed by atoms with Gasteiger partial charge >= 0.3 is 5.69 Å². The number of carbonyl (C=O) groups is 2. The average molecular weight is 1010 g/mol. The van der Waals surface area contributed by atoms with Gasteiger partial charge in [0.25, 0.3) is 5.91 Å². The second kappa shape index (κ2) is 21.6. The topological polar surface area (TPSA) is 181 Å². The summed E-state index contributed by atoms with van der Waals surface area (Å²) >= 11 is 0. The Hall–Kier alpha value is -7.44. The molecular weight excluding hydrogens is 937 g/mol. The number of aromatic hydroxyl groups is 1. The zero-order valence-corrected chi connectivity index (χ0v) is 43.4. The molecule has 2 amide bonds. The van der Waals surface area contributed by atoms with Crippen LogP contribution >= 0.6 is 0 Å². The van der Waals surface area contributed by atoms with Crippen LogP contribution in [0.4, 0.5) is 34.5 Å². The quantitative estimate of drug-likeness (QED) is 0.0970. The number of carbonyl (C=O) groups excluding carboxylic acids is 2. The standard InChI is InChI=1S/C56H68N12O6/c1-7-74-50-30-41(16-17-45(50)58-55-57-33-47-52(59-55)62(4)46-11-9-8-10-42(46)54(71)63(47)5)66-24-20-39(21-25-66)53(70)67-22-18-38(19-23-67)35-65-28-26-64(27-29-65)34-37-12-14-40(15-13-37)68-51(60-61-56(68)72)44-31-43(36(2)3)48(69)32-49(44)73-6/h8-17,30-33,36,38-39,69H,7,18-29,34-35H2,1-6H3,(H,61,72)(H,57,58,59). The first-order valence-corrected chi connectivity index (χ1v) is 26.1. The number of piperazine rings is 1. The van der Waals surface area contributed by atoms with Crippen LogP contribution in [0, 0.1) is 11.8 Å². The Morgan fingerprint density at radius 3 is 2.24 bits per heavy atom. The summed E-state index contributed by atoms with van der Waals surface area (Å²) in [5.74, 6) is 3.57. The van der Waals surface area contributed by atoms with E-state index >= 15 is 0 Å². The van der Waals surface area contributed by atoms with Crippen LogP contribution in [0.5, 0.6) is 17.2 Å². The molecule has 3 saturated heterocycles. The van der Waals surface area contributed by atoms with E-state index < -0.39 is 0 Å². The predicted octanol–water partition coefficient (Wildman–Crippen LogP) is 7.63. The van der Waals surface area contributed by atoms with E-state index in [-0.39, 0.29) is 29.2 Å². The van der Waals surface area contributed by atoms with Gasteiger partial charge < -0.3 is 44.4 Å². The first kappa shape index (κ1) is 50.1. The number of nitrogens with one attached hydrogen (secondary N) is 2. The number of H-pyrrole nitrogens is 1. The zero-order chi connectivity index (χ0) is 51.6. The van der Waals surface area contributed by atoms with E-state index in [0.717, 1.165) is 114 Å². The lowest BCUT2D eigenvalue weighted by Gasteiger charge is -2.40. The Morgan fingerprint density at radius 2 is 1.53 bits per heavy atom. The Morgan fingerprint density at radius 1 is 0.811 bits per heavy atom. The van der Waals surface area contributed by atoms with Crippen molar-refractivity contribution in [1.29, 1.82) is 0 Å². The van der Waals surface area contributed by atoms with Crippen LogP contribution in [-0.4, -0.2) is 143 Å². The highest BCUT2D eigenvalue weighted by molar-refractivity contribution is 6.13. The van der Waals surface area contributed by atoms with Gasteiger partial charge in [0, 0.05) is 103 Å². The number of fused-ring (bicyclic) bond motifs is 2. The Labute approximate surface area is 432 Å². The Kier molecular flexibility index (Phi) is 14.6. The maximum atomic E-state index is 13.9. The molecule has 0 aliphatic carbocycles. The number of phenols is 1. The van der Waals surface area contributed by atoms with Gasteiger partial charge in [-0.1, -0.05) is 38.1 Å². The molecule has 0 atom stereocenters. The molecule has 0 unspecified atom stereocenters. The number of aromatic amines is 1. The van der Waals surface area contributed by atoms with E-state index in [4.69, 9.17) is 14.5 Å². The smallest absolute Gasteiger partial charge is 0.348 e. The Balaban J connectivity index is 0.674. The molecule has 0 spiro atoms. The van der Waals surface area contributed by atoms with Gasteiger partial charge in [0.1, 0.15) is 22.9 Å². The minimum Gasteiger partial charge on any atom is -0.508 e. The van der Waals surface area contributed by atoms with Gasteiger partial charge in [-0.2, -0.15) is 10.1 Å². The van der Waals surface area contributed by atoms with Crippen molar-refractivity contribution in [2.24, 2.45) is 11.8 Å². The van der Waals surface area contributed by atoms with Gasteiger partial charge in [-0.15, -0.1) is 0 Å². The lowest BCUT2D eigenvalue weighted by molar-refractivity contribution is -0.137. The van der Waals surface area contributed by atoms with Crippen molar-refractivity contribution in [3.05, 3.63) is 112 Å². The number of hydrogen-bond donors (Lipinski definition) is 3. The van der Waals surface area contributed by atoms with E-state index in [1.54, 1.807) is 28.8 Å². The lowest BCUT2D eigenvalue weighted by Crippen LogP contribution is -2.49. The number of para-hydroxylation sites is 1. The number of benzene rings is 4. The molecule has 0 bridgehead atoms. The van der Waals surface area contributed by atoms with Crippen molar-refractivity contribution >= 4 is 46.3 Å². The third-order valence-electron chi connectivity index (χ3n) is 15.3. The summed E-state index contributed by atoms with van der Waals surface area (Å²) in [6, 6.07) is 25.1. The number of piperidine rings is 2. The summed E-state index contributed by atoms with van der Waals surface area (Å²) in [4.78, 5) is 62.8. The van der Waals surface area contributed by atoms with Gasteiger partial charge in [0.05, 0.1) is 48.1 Å². The van der Waals surface area contributed by atoms with Crippen LogP contribution in [0.1, 0.15) is 73.9 Å². The molecule has 74 heavy (non-hydrogen) atoms. The summed E-state index contributed by atoms with van der Waals surface area (Å²) in [6.45, 7) is 15.6. The van der Waals surface area contributed by atoms with Crippen LogP contribution in [0.2, 0.25) is 0 Å². The SMILES string of the molecule is CCOc1cc(N2CCC(C(=O)N3CCC(CN4CCN(Cc5ccc(-n6c(-c7cc(C(C)C)c(O)cc7OC)n[nH]c6=O)cc5)CC4)CC3)CC2)ccc1Nc1ncc2c(n1)N(C)c1ccccc1C(=O)N2C. The van der Waals surface area contributed by atoms with Gasteiger partial charge in [0.15, 0.2) is 11.6 Å². The van der Waals surface area contributed by atoms with E-state index in [0.29, 0.717) is 70.0 Å². The van der Waals surface area contributed by atoms with Gasteiger partial charge in [-0.3, -0.25) is 14.5 Å². The number of likely N-dealkylation sites (tertiary alicyclic amines) is 1. The maximum Gasteiger partial charge on any atom is 0.348 e. The molecule has 18 heteroatoms. The first-order chi connectivity index (χ1) is 35.9. The number of methoxy groups -OCH3 is 1. The highest BCUT2D eigenvalue weighted by Gasteiger charge is 2.33. The predicted molar refractivity (Wildman–Crippen MR) is 288 cm³/mol. The van der Waals surface area contributed by atoms with Crippen LogP contribution in [-0.2, 0) is 11.3 Å². The van der Waals surface area contributed by atoms with Crippen LogP contribution in [0.3, 0.4) is 0 Å². The highest BCUT2D eigenvalue weighted by Crippen LogP contribution is 2.41. The molecule has 4 aliphatic rings. The van der Waals surface area contributed by atoms with Crippen LogP contribution < -0.4 is 35.2 Å². The van der Waals surface area contributed by atoms with Gasteiger partial charge in [-0.05, 0) is 98.0 Å². The molecule has 0 saturated carbocycles.